The second-order valence-corrected chi connectivity index (χ2v) is 11.7. The third-order valence-electron chi connectivity index (χ3n) is 6.26. The van der Waals surface area contributed by atoms with Crippen molar-refractivity contribution >= 4 is 32.2 Å². The van der Waals surface area contributed by atoms with Crippen LogP contribution in [0.25, 0.3) is 0 Å². The summed E-state index contributed by atoms with van der Waals surface area (Å²) in [4.78, 5) is 6.14. The quantitative estimate of drug-likeness (QED) is 0.654. The van der Waals surface area contributed by atoms with Crippen molar-refractivity contribution in [2.45, 2.75) is 56.9 Å². The summed E-state index contributed by atoms with van der Waals surface area (Å²) in [6, 6.07) is 2.77. The Morgan fingerprint density at radius 3 is 2.83 bits per heavy atom. The van der Waals surface area contributed by atoms with Crippen LogP contribution in [0.4, 0.5) is 15.2 Å². The summed E-state index contributed by atoms with van der Waals surface area (Å²) < 4.78 is 42.6. The Morgan fingerprint density at radius 1 is 1.33 bits per heavy atom. The number of halogens is 1. The van der Waals surface area contributed by atoms with Crippen molar-refractivity contribution < 1.29 is 12.8 Å². The van der Waals surface area contributed by atoms with E-state index < -0.39 is 15.8 Å². The number of aromatic nitrogens is 1. The molecule has 2 aromatic rings. The molecule has 30 heavy (non-hydrogen) atoms. The number of nitrogens with zero attached hydrogens (tertiary/aromatic N) is 2. The largest absolute Gasteiger partial charge is 0.383 e. The number of hydrogen-bond donors (Lipinski definition) is 2. The molecule has 1 atom stereocenters. The molecular weight excluding hydrogens is 423 g/mol. The van der Waals surface area contributed by atoms with Crippen molar-refractivity contribution in [1.29, 1.82) is 0 Å². The first-order valence-corrected chi connectivity index (χ1v) is 12.7. The van der Waals surface area contributed by atoms with Gasteiger partial charge in [-0.3, -0.25) is 9.62 Å². The zero-order valence-corrected chi connectivity index (χ0v) is 19.3. The van der Waals surface area contributed by atoms with Crippen LogP contribution in [0.1, 0.15) is 45.6 Å². The van der Waals surface area contributed by atoms with Gasteiger partial charge >= 0.3 is 0 Å². The van der Waals surface area contributed by atoms with Gasteiger partial charge < -0.3 is 5.32 Å². The fraction of sp³-hybridized carbons (Fsp3) is 0.571. The maximum atomic E-state index is 14.9. The monoisotopic (exact) mass is 452 g/mol. The Bertz CT molecular complexity index is 1020. The number of nitrogens with one attached hydrogen (secondary N) is 2. The van der Waals surface area contributed by atoms with Crippen LogP contribution in [0.15, 0.2) is 28.6 Å². The third kappa shape index (κ3) is 4.07. The lowest BCUT2D eigenvalue weighted by Crippen LogP contribution is -2.44. The Balaban J connectivity index is 1.57. The van der Waals surface area contributed by atoms with E-state index in [0.717, 1.165) is 49.4 Å². The number of sulfonamides is 1. The molecule has 2 aliphatic heterocycles. The van der Waals surface area contributed by atoms with E-state index in [4.69, 9.17) is 0 Å². The number of anilines is 2. The Morgan fingerprint density at radius 2 is 2.13 bits per heavy atom. The Hall–Kier alpha value is -1.71. The van der Waals surface area contributed by atoms with Gasteiger partial charge in [0.25, 0.3) is 10.0 Å². The van der Waals surface area contributed by atoms with Gasteiger partial charge in [-0.25, -0.2) is 17.8 Å². The molecule has 2 N–H and O–H groups in total. The molecule has 1 aromatic heterocycles. The van der Waals surface area contributed by atoms with Crippen LogP contribution in [0.3, 0.4) is 0 Å². The second-order valence-electron chi connectivity index (χ2n) is 9.18. The van der Waals surface area contributed by atoms with Gasteiger partial charge in [0.2, 0.25) is 0 Å². The van der Waals surface area contributed by atoms with Crippen LogP contribution >= 0.6 is 11.3 Å². The predicted octanol–water partition coefficient (Wildman–Crippen LogP) is 4.32. The van der Waals surface area contributed by atoms with Crippen molar-refractivity contribution in [1.82, 2.24) is 9.88 Å². The first-order chi connectivity index (χ1) is 14.1. The third-order valence-corrected chi connectivity index (χ3v) is 8.43. The first kappa shape index (κ1) is 21.5. The summed E-state index contributed by atoms with van der Waals surface area (Å²) in [5.41, 5.74) is 1.84. The highest BCUT2D eigenvalue weighted by molar-refractivity contribution is 7.93. The molecule has 9 heteroatoms. The van der Waals surface area contributed by atoms with Gasteiger partial charge in [-0.15, -0.1) is 11.3 Å². The van der Waals surface area contributed by atoms with Crippen LogP contribution in [0.5, 0.6) is 0 Å². The zero-order chi connectivity index (χ0) is 21.6. The molecule has 3 heterocycles. The highest BCUT2D eigenvalue weighted by Crippen LogP contribution is 2.47. The molecule has 0 spiro atoms. The summed E-state index contributed by atoms with van der Waals surface area (Å²) in [5.74, 6) is -0.758. The Kier molecular flexibility index (Phi) is 5.57. The molecule has 1 aromatic carbocycles. The number of aryl methyl sites for hydroxylation is 1. The zero-order valence-electron chi connectivity index (χ0n) is 17.7. The fourth-order valence-corrected chi connectivity index (χ4v) is 7.03. The van der Waals surface area contributed by atoms with Crippen molar-refractivity contribution in [3.8, 4) is 0 Å². The molecule has 6 nitrogen and oxygen atoms in total. The van der Waals surface area contributed by atoms with Gasteiger partial charge in [0.05, 0.1) is 0 Å². The minimum atomic E-state index is -4.04. The summed E-state index contributed by atoms with van der Waals surface area (Å²) in [7, 11) is -4.04. The molecule has 0 unspecified atom stereocenters. The van der Waals surface area contributed by atoms with Crippen LogP contribution in [-0.2, 0) is 16.4 Å². The van der Waals surface area contributed by atoms with Crippen molar-refractivity contribution in [3.63, 3.8) is 0 Å². The topological polar surface area (TPSA) is 74.3 Å². The molecule has 0 amide bonds. The minimum Gasteiger partial charge on any atom is -0.383 e. The molecule has 0 aliphatic carbocycles. The number of fused-ring (bicyclic) bond motifs is 1. The lowest BCUT2D eigenvalue weighted by Gasteiger charge is -2.33. The van der Waals surface area contributed by atoms with E-state index in [1.165, 1.54) is 24.8 Å². The number of benzene rings is 1. The summed E-state index contributed by atoms with van der Waals surface area (Å²) in [6.45, 7) is 9.50. The summed E-state index contributed by atoms with van der Waals surface area (Å²) in [6.07, 6.45) is 5.54. The Labute approximate surface area is 182 Å². The van der Waals surface area contributed by atoms with Crippen molar-refractivity contribution in [2.24, 2.45) is 5.41 Å². The molecule has 0 saturated carbocycles. The van der Waals surface area contributed by atoms with Gasteiger partial charge in [-0.05, 0) is 55.3 Å². The lowest BCUT2D eigenvalue weighted by atomic mass is 9.82. The normalized spacial score (nSPS) is 23.5. The van der Waals surface area contributed by atoms with Crippen LogP contribution < -0.4 is 10.0 Å². The minimum absolute atomic E-state index is 0.0993. The number of rotatable bonds is 7. The van der Waals surface area contributed by atoms with Gasteiger partial charge in [-0.2, -0.15) is 0 Å². The highest BCUT2D eigenvalue weighted by atomic mass is 32.2. The van der Waals surface area contributed by atoms with Gasteiger partial charge in [0.1, 0.15) is 10.7 Å². The first-order valence-electron chi connectivity index (χ1n) is 10.4. The molecule has 0 radical (unpaired) electrons. The van der Waals surface area contributed by atoms with E-state index in [-0.39, 0.29) is 21.0 Å². The van der Waals surface area contributed by atoms with Gasteiger partial charge in [0.15, 0.2) is 5.13 Å². The molecule has 2 aliphatic rings. The lowest BCUT2D eigenvalue weighted by molar-refractivity contribution is 0.209. The number of hydrogen-bond acceptors (Lipinski definition) is 6. The van der Waals surface area contributed by atoms with Gasteiger partial charge in [0, 0.05) is 35.9 Å². The maximum Gasteiger partial charge on any atom is 0.266 e. The van der Waals surface area contributed by atoms with E-state index in [1.54, 1.807) is 5.38 Å². The van der Waals surface area contributed by atoms with Crippen LogP contribution in [-0.4, -0.2) is 43.5 Å². The average molecular weight is 453 g/mol. The van der Waals surface area contributed by atoms with Gasteiger partial charge in [-0.1, -0.05) is 20.8 Å². The molecule has 2 saturated heterocycles. The van der Waals surface area contributed by atoms with Crippen LogP contribution in [0.2, 0.25) is 0 Å². The summed E-state index contributed by atoms with van der Waals surface area (Å²) in [5, 5.41) is 5.35. The van der Waals surface area contributed by atoms with E-state index in [0.29, 0.717) is 12.1 Å². The van der Waals surface area contributed by atoms with E-state index in [9.17, 15) is 12.8 Å². The number of thiazole rings is 1. The molecule has 2 fully saturated rings. The second kappa shape index (κ2) is 7.76. The standard InChI is InChI=1S/C21H29FN4O2S2/c1-4-15-10-18(30(27,28)25-19-23-7-9-29-19)16(22)11-17(15)24-13-21-6-5-8-26(21)14-20(2,3)12-21/h7,9-11,24H,4-6,8,12-14H2,1-3H3,(H,23,25)/t21-/m0/s1. The highest BCUT2D eigenvalue weighted by Gasteiger charge is 2.51. The maximum absolute atomic E-state index is 14.9. The smallest absolute Gasteiger partial charge is 0.266 e. The van der Waals surface area contributed by atoms with Crippen LogP contribution in [0, 0.1) is 11.2 Å². The van der Waals surface area contributed by atoms with E-state index >= 15 is 0 Å². The SMILES string of the molecule is CCc1cc(S(=O)(=O)Nc2nccs2)c(F)cc1NC[C@@]12CCCN1CC(C)(C)C2. The molecule has 0 bridgehead atoms. The molecule has 164 valence electrons. The fourth-order valence-electron chi connectivity index (χ4n) is 5.13. The summed E-state index contributed by atoms with van der Waals surface area (Å²) >= 11 is 1.15. The van der Waals surface area contributed by atoms with E-state index in [2.05, 4.69) is 33.8 Å². The van der Waals surface area contributed by atoms with Crippen molar-refractivity contribution in [2.75, 3.05) is 29.7 Å². The predicted molar refractivity (Wildman–Crippen MR) is 119 cm³/mol. The van der Waals surface area contributed by atoms with Crippen molar-refractivity contribution in [3.05, 3.63) is 35.1 Å². The van der Waals surface area contributed by atoms with E-state index in [1.807, 2.05) is 6.92 Å². The molecular formula is C21H29FN4O2S2. The average Bonchev–Trinajstić information content (AvgIpc) is 3.34. The molecule has 4 rings (SSSR count).